The van der Waals surface area contributed by atoms with E-state index in [0.29, 0.717) is 25.4 Å². The number of benzene rings is 1. The molecule has 0 aliphatic carbocycles. The van der Waals surface area contributed by atoms with Crippen LogP contribution in [-0.4, -0.2) is 50.4 Å². The molecule has 156 valence electrons. The molecule has 0 bridgehead atoms. The van der Waals surface area contributed by atoms with Gasteiger partial charge in [0.2, 0.25) is 15.9 Å². The van der Waals surface area contributed by atoms with E-state index in [0.717, 1.165) is 12.8 Å². The lowest BCUT2D eigenvalue weighted by Gasteiger charge is -2.22. The van der Waals surface area contributed by atoms with E-state index in [1.165, 1.54) is 16.4 Å². The first-order valence-electron chi connectivity index (χ1n) is 9.30. The average molecular weight is 413 g/mol. The number of urea groups is 1. The van der Waals surface area contributed by atoms with E-state index >= 15 is 0 Å². The van der Waals surface area contributed by atoms with Crippen LogP contribution >= 0.6 is 0 Å². The Balaban J connectivity index is 2.33. The molecule has 4 N–H and O–H groups in total. The molecule has 1 aromatic rings. The molecule has 1 saturated heterocycles. The SMILES string of the molecule is CCOc1ccc(NC(=O)C(NC(N)=O)C(C)C)cc1S(=O)(=O)N1CCCC1. The molecule has 1 aliphatic rings. The van der Waals surface area contributed by atoms with Gasteiger partial charge in [0.25, 0.3) is 0 Å². The summed E-state index contributed by atoms with van der Waals surface area (Å²) < 4.78 is 32.9. The van der Waals surface area contributed by atoms with Crippen molar-refractivity contribution in [1.82, 2.24) is 9.62 Å². The molecule has 9 nitrogen and oxygen atoms in total. The van der Waals surface area contributed by atoms with E-state index in [4.69, 9.17) is 10.5 Å². The van der Waals surface area contributed by atoms with Crippen molar-refractivity contribution in [1.29, 1.82) is 0 Å². The molecule has 1 unspecified atom stereocenters. The van der Waals surface area contributed by atoms with E-state index in [-0.39, 0.29) is 16.6 Å². The summed E-state index contributed by atoms with van der Waals surface area (Å²) in [5.74, 6) is -0.450. The quantitative estimate of drug-likeness (QED) is 0.595. The van der Waals surface area contributed by atoms with E-state index in [1.54, 1.807) is 26.8 Å². The van der Waals surface area contributed by atoms with Crippen LogP contribution in [0, 0.1) is 5.92 Å². The Morgan fingerprint density at radius 2 is 1.89 bits per heavy atom. The lowest BCUT2D eigenvalue weighted by atomic mass is 10.0. The van der Waals surface area contributed by atoms with Crippen molar-refractivity contribution in [3.63, 3.8) is 0 Å². The molecule has 10 heteroatoms. The number of nitrogens with zero attached hydrogens (tertiary/aromatic N) is 1. The van der Waals surface area contributed by atoms with E-state index in [1.807, 2.05) is 0 Å². The molecular weight excluding hydrogens is 384 g/mol. The largest absolute Gasteiger partial charge is 0.492 e. The molecule has 0 saturated carbocycles. The first kappa shape index (κ1) is 22.0. The fraction of sp³-hybridized carbons (Fsp3) is 0.556. The van der Waals surface area contributed by atoms with Crippen LogP contribution in [0.15, 0.2) is 23.1 Å². The van der Waals surface area contributed by atoms with Crippen molar-refractivity contribution < 1.29 is 22.7 Å². The Hall–Kier alpha value is -2.33. The summed E-state index contributed by atoms with van der Waals surface area (Å²) in [5.41, 5.74) is 5.43. The summed E-state index contributed by atoms with van der Waals surface area (Å²) >= 11 is 0. The summed E-state index contributed by atoms with van der Waals surface area (Å²) in [6, 6.07) is 2.82. The van der Waals surface area contributed by atoms with Gasteiger partial charge in [-0.15, -0.1) is 0 Å². The van der Waals surface area contributed by atoms with Gasteiger partial charge < -0.3 is 21.1 Å². The maximum atomic E-state index is 13.0. The van der Waals surface area contributed by atoms with Gasteiger partial charge in [-0.1, -0.05) is 13.8 Å². The molecule has 0 spiro atoms. The fourth-order valence-electron chi connectivity index (χ4n) is 3.04. The Morgan fingerprint density at radius 3 is 2.43 bits per heavy atom. The Labute approximate surface area is 165 Å². The van der Waals surface area contributed by atoms with Crippen LogP contribution in [0.2, 0.25) is 0 Å². The molecule has 1 fully saturated rings. The molecule has 3 amide bonds. The number of carbonyl (C=O) groups excluding carboxylic acids is 2. The van der Waals surface area contributed by atoms with Crippen LogP contribution in [-0.2, 0) is 14.8 Å². The predicted molar refractivity (Wildman–Crippen MR) is 106 cm³/mol. The highest BCUT2D eigenvalue weighted by atomic mass is 32.2. The first-order valence-corrected chi connectivity index (χ1v) is 10.7. The van der Waals surface area contributed by atoms with Gasteiger partial charge in [0.15, 0.2) is 0 Å². The maximum Gasteiger partial charge on any atom is 0.312 e. The summed E-state index contributed by atoms with van der Waals surface area (Å²) in [4.78, 5) is 23.7. The highest BCUT2D eigenvalue weighted by molar-refractivity contribution is 7.89. The number of ether oxygens (including phenoxy) is 1. The van der Waals surface area contributed by atoms with Gasteiger partial charge in [-0.3, -0.25) is 4.79 Å². The molecule has 28 heavy (non-hydrogen) atoms. The predicted octanol–water partition coefficient (Wildman–Crippen LogP) is 1.50. The van der Waals surface area contributed by atoms with E-state index in [9.17, 15) is 18.0 Å². The fourth-order valence-corrected chi connectivity index (χ4v) is 4.71. The van der Waals surface area contributed by atoms with Crippen molar-refractivity contribution in [2.24, 2.45) is 11.7 Å². The van der Waals surface area contributed by atoms with Gasteiger partial charge in [-0.25, -0.2) is 13.2 Å². The van der Waals surface area contributed by atoms with Crippen LogP contribution in [0.1, 0.15) is 33.6 Å². The Kier molecular flexibility index (Phi) is 7.25. The number of nitrogens with one attached hydrogen (secondary N) is 2. The number of hydrogen-bond acceptors (Lipinski definition) is 5. The lowest BCUT2D eigenvalue weighted by Crippen LogP contribution is -2.49. The average Bonchev–Trinajstić information content (AvgIpc) is 3.16. The number of anilines is 1. The van der Waals surface area contributed by atoms with Gasteiger partial charge in [0.1, 0.15) is 16.7 Å². The van der Waals surface area contributed by atoms with Crippen LogP contribution < -0.4 is 21.1 Å². The summed E-state index contributed by atoms with van der Waals surface area (Å²) in [5, 5.41) is 5.05. The molecular formula is C18H28N4O5S. The lowest BCUT2D eigenvalue weighted by molar-refractivity contribution is -0.118. The maximum absolute atomic E-state index is 13.0. The number of sulfonamides is 1. The Bertz CT molecular complexity index is 819. The number of carbonyl (C=O) groups is 2. The van der Waals surface area contributed by atoms with Crippen molar-refractivity contribution in [2.45, 2.75) is 44.6 Å². The summed E-state index contributed by atoms with van der Waals surface area (Å²) in [7, 11) is -3.74. The van der Waals surface area contributed by atoms with Gasteiger partial charge in [0, 0.05) is 18.8 Å². The number of hydrogen-bond donors (Lipinski definition) is 3. The molecule has 1 atom stereocenters. The molecule has 2 rings (SSSR count). The molecule has 1 heterocycles. The highest BCUT2D eigenvalue weighted by Gasteiger charge is 2.31. The van der Waals surface area contributed by atoms with Gasteiger partial charge >= 0.3 is 6.03 Å². The number of amides is 3. The number of rotatable bonds is 8. The molecule has 1 aromatic carbocycles. The van der Waals surface area contributed by atoms with Crippen LogP contribution in [0.5, 0.6) is 5.75 Å². The van der Waals surface area contributed by atoms with Crippen LogP contribution in [0.25, 0.3) is 0 Å². The Morgan fingerprint density at radius 1 is 1.25 bits per heavy atom. The second kappa shape index (κ2) is 9.24. The van der Waals surface area contributed by atoms with E-state index in [2.05, 4.69) is 10.6 Å². The topological polar surface area (TPSA) is 131 Å². The zero-order valence-electron chi connectivity index (χ0n) is 16.4. The van der Waals surface area contributed by atoms with Gasteiger partial charge in [-0.2, -0.15) is 4.31 Å². The normalized spacial score (nSPS) is 16.0. The number of nitrogens with two attached hydrogens (primary N) is 1. The van der Waals surface area contributed by atoms with Crippen molar-refractivity contribution in [2.75, 3.05) is 25.0 Å². The van der Waals surface area contributed by atoms with E-state index < -0.39 is 28.0 Å². The first-order chi connectivity index (χ1) is 13.2. The second-order valence-corrected chi connectivity index (χ2v) is 8.83. The third-order valence-corrected chi connectivity index (χ3v) is 6.36. The third kappa shape index (κ3) is 5.14. The van der Waals surface area contributed by atoms with Gasteiger partial charge in [-0.05, 0) is 43.9 Å². The molecule has 1 aliphatic heterocycles. The highest BCUT2D eigenvalue weighted by Crippen LogP contribution is 2.31. The standard InChI is InChI=1S/C18H28N4O5S/c1-4-27-14-8-7-13(20-17(23)16(12(2)3)21-18(19)24)11-15(14)28(25,26)22-9-5-6-10-22/h7-8,11-12,16H,4-6,9-10H2,1-3H3,(H,20,23)(H3,19,21,24). The van der Waals surface area contributed by atoms with Gasteiger partial charge in [0.05, 0.1) is 6.61 Å². The summed E-state index contributed by atoms with van der Waals surface area (Å²) in [6.45, 7) is 6.53. The minimum absolute atomic E-state index is 0.0120. The molecule has 0 radical (unpaired) electrons. The monoisotopic (exact) mass is 412 g/mol. The van der Waals surface area contributed by atoms with Crippen LogP contribution in [0.3, 0.4) is 0 Å². The second-order valence-electron chi connectivity index (χ2n) is 6.93. The smallest absolute Gasteiger partial charge is 0.312 e. The minimum atomic E-state index is -3.74. The third-order valence-electron chi connectivity index (χ3n) is 4.44. The zero-order valence-corrected chi connectivity index (χ0v) is 17.2. The van der Waals surface area contributed by atoms with Crippen LogP contribution in [0.4, 0.5) is 10.5 Å². The van der Waals surface area contributed by atoms with Crippen molar-refractivity contribution in [3.8, 4) is 5.75 Å². The number of primary amides is 1. The zero-order chi connectivity index (χ0) is 20.9. The molecule has 0 aromatic heterocycles. The van der Waals surface area contributed by atoms with Crippen molar-refractivity contribution in [3.05, 3.63) is 18.2 Å². The van der Waals surface area contributed by atoms with Crippen molar-refractivity contribution >= 4 is 27.6 Å². The summed E-state index contributed by atoms with van der Waals surface area (Å²) in [6.07, 6.45) is 1.63. The minimum Gasteiger partial charge on any atom is -0.492 e.